The third-order valence-electron chi connectivity index (χ3n) is 3.25. The van der Waals surface area contributed by atoms with Gasteiger partial charge in [0.1, 0.15) is 5.69 Å². The van der Waals surface area contributed by atoms with Crippen molar-refractivity contribution in [3.8, 4) is 0 Å². The molecule has 1 aliphatic heterocycles. The molecule has 8 nitrogen and oxygen atoms in total. The summed E-state index contributed by atoms with van der Waals surface area (Å²) in [4.78, 5) is 19.3. The second-order valence-corrected chi connectivity index (χ2v) is 4.62. The number of carbonyl (C=O) groups excluding carboxylic acids is 1. The molecule has 1 aromatic heterocycles. The maximum atomic E-state index is 11.1. The van der Waals surface area contributed by atoms with Gasteiger partial charge in [0.25, 0.3) is 5.91 Å². The van der Waals surface area contributed by atoms with Crippen LogP contribution in [0.15, 0.2) is 23.5 Å². The molecule has 1 aromatic rings. The van der Waals surface area contributed by atoms with Crippen LogP contribution >= 0.6 is 0 Å². The second-order valence-electron chi connectivity index (χ2n) is 4.62. The van der Waals surface area contributed by atoms with Crippen molar-refractivity contribution in [1.82, 2.24) is 9.88 Å². The van der Waals surface area contributed by atoms with Gasteiger partial charge in [-0.3, -0.25) is 14.7 Å². The summed E-state index contributed by atoms with van der Waals surface area (Å²) >= 11 is 0. The molecule has 1 saturated heterocycles. The van der Waals surface area contributed by atoms with Gasteiger partial charge in [0.05, 0.1) is 6.54 Å². The zero-order valence-corrected chi connectivity index (χ0v) is 11.1. The van der Waals surface area contributed by atoms with Gasteiger partial charge in [-0.05, 0) is 12.1 Å². The Balaban J connectivity index is 1.97. The first kappa shape index (κ1) is 14.1. The molecule has 0 saturated carbocycles. The number of nitrogens with two attached hydrogens (primary N) is 2. The number of primary amides is 1. The smallest absolute Gasteiger partial charge is 0.267 e. The molecule has 0 radical (unpaired) electrons. The first-order valence-electron chi connectivity index (χ1n) is 6.29. The number of amides is 1. The van der Waals surface area contributed by atoms with Crippen molar-refractivity contribution in [2.24, 2.45) is 16.6 Å². The number of oxime groups is 1. The van der Waals surface area contributed by atoms with Crippen LogP contribution in [0, 0.1) is 0 Å². The molecule has 20 heavy (non-hydrogen) atoms. The van der Waals surface area contributed by atoms with Crippen LogP contribution < -0.4 is 16.4 Å². The van der Waals surface area contributed by atoms with Gasteiger partial charge in [-0.2, -0.15) is 0 Å². The Labute approximate surface area is 116 Å². The third-order valence-corrected chi connectivity index (χ3v) is 3.25. The average molecular weight is 278 g/mol. The predicted molar refractivity (Wildman–Crippen MR) is 74.8 cm³/mol. The van der Waals surface area contributed by atoms with Gasteiger partial charge >= 0.3 is 0 Å². The minimum atomic E-state index is -0.530. The largest absolute Gasteiger partial charge is 0.409 e. The van der Waals surface area contributed by atoms with Crippen molar-refractivity contribution in [2.75, 3.05) is 37.6 Å². The van der Waals surface area contributed by atoms with Crippen LogP contribution in [0.3, 0.4) is 0 Å². The summed E-state index contributed by atoms with van der Waals surface area (Å²) in [6.45, 7) is 3.63. The highest BCUT2D eigenvalue weighted by Crippen LogP contribution is 2.16. The summed E-state index contributed by atoms with van der Waals surface area (Å²) in [5, 5.41) is 11.5. The van der Waals surface area contributed by atoms with Crippen molar-refractivity contribution in [3.63, 3.8) is 0 Å². The van der Waals surface area contributed by atoms with Crippen LogP contribution in [0.25, 0.3) is 0 Å². The normalized spacial score (nSPS) is 17.2. The molecule has 1 fully saturated rings. The van der Waals surface area contributed by atoms with Gasteiger partial charge < -0.3 is 21.6 Å². The number of hydrogen-bond acceptors (Lipinski definition) is 6. The van der Waals surface area contributed by atoms with Crippen molar-refractivity contribution < 1.29 is 10.0 Å². The van der Waals surface area contributed by atoms with Crippen LogP contribution in [0.5, 0.6) is 0 Å². The van der Waals surface area contributed by atoms with Crippen LogP contribution in [-0.4, -0.2) is 59.6 Å². The molecule has 2 rings (SSSR count). The molecular formula is C12H18N6O2. The van der Waals surface area contributed by atoms with E-state index in [1.54, 1.807) is 12.3 Å². The summed E-state index contributed by atoms with van der Waals surface area (Å²) in [6.07, 6.45) is 1.58. The van der Waals surface area contributed by atoms with Crippen molar-refractivity contribution in [2.45, 2.75) is 0 Å². The summed E-state index contributed by atoms with van der Waals surface area (Å²) < 4.78 is 0. The summed E-state index contributed by atoms with van der Waals surface area (Å²) in [7, 11) is 0. The van der Waals surface area contributed by atoms with E-state index in [0.29, 0.717) is 6.54 Å². The van der Waals surface area contributed by atoms with Gasteiger partial charge in [-0.15, -0.1) is 0 Å². The fourth-order valence-corrected chi connectivity index (χ4v) is 2.18. The zero-order valence-electron chi connectivity index (χ0n) is 11.1. The van der Waals surface area contributed by atoms with Gasteiger partial charge in [0.2, 0.25) is 0 Å². The molecule has 0 atom stereocenters. The first-order valence-corrected chi connectivity index (χ1v) is 6.29. The second kappa shape index (κ2) is 6.20. The van der Waals surface area contributed by atoms with E-state index in [2.05, 4.69) is 19.9 Å². The van der Waals surface area contributed by atoms with Crippen LogP contribution in [0.2, 0.25) is 0 Å². The van der Waals surface area contributed by atoms with Crippen LogP contribution in [0.4, 0.5) is 5.69 Å². The van der Waals surface area contributed by atoms with Gasteiger partial charge in [-0.1, -0.05) is 5.16 Å². The highest BCUT2D eigenvalue weighted by atomic mass is 16.4. The Morgan fingerprint density at radius 1 is 1.35 bits per heavy atom. The number of aromatic nitrogens is 1. The highest BCUT2D eigenvalue weighted by Gasteiger charge is 2.18. The summed E-state index contributed by atoms with van der Waals surface area (Å²) in [5.74, 6) is -0.323. The summed E-state index contributed by atoms with van der Waals surface area (Å²) in [5.41, 5.74) is 11.9. The molecule has 108 valence electrons. The lowest BCUT2D eigenvalue weighted by Gasteiger charge is -2.35. The Hall–Kier alpha value is -2.35. The minimum Gasteiger partial charge on any atom is -0.409 e. The van der Waals surface area contributed by atoms with E-state index in [-0.39, 0.29) is 11.5 Å². The number of carbonyl (C=O) groups is 1. The molecule has 0 aliphatic carbocycles. The van der Waals surface area contributed by atoms with E-state index in [1.807, 2.05) is 6.07 Å². The number of pyridine rings is 1. The first-order chi connectivity index (χ1) is 9.60. The predicted octanol–water partition coefficient (Wildman–Crippen LogP) is -0.951. The Morgan fingerprint density at radius 2 is 2.05 bits per heavy atom. The van der Waals surface area contributed by atoms with E-state index < -0.39 is 5.91 Å². The lowest BCUT2D eigenvalue weighted by molar-refractivity contribution is 0.0995. The Bertz CT molecular complexity index is 510. The Morgan fingerprint density at radius 3 is 2.65 bits per heavy atom. The maximum Gasteiger partial charge on any atom is 0.267 e. The maximum absolute atomic E-state index is 11.1. The molecule has 0 aromatic carbocycles. The molecule has 2 heterocycles. The molecular weight excluding hydrogens is 260 g/mol. The van der Waals surface area contributed by atoms with E-state index >= 15 is 0 Å². The summed E-state index contributed by atoms with van der Waals surface area (Å²) in [6, 6.07) is 3.55. The minimum absolute atomic E-state index is 0.207. The number of nitrogens with zero attached hydrogens (tertiary/aromatic N) is 4. The van der Waals surface area contributed by atoms with Crippen molar-refractivity contribution in [3.05, 3.63) is 24.0 Å². The van der Waals surface area contributed by atoms with E-state index in [9.17, 15) is 4.79 Å². The fourth-order valence-electron chi connectivity index (χ4n) is 2.18. The number of anilines is 1. The molecule has 0 spiro atoms. The van der Waals surface area contributed by atoms with E-state index in [4.69, 9.17) is 16.7 Å². The van der Waals surface area contributed by atoms with Crippen molar-refractivity contribution in [1.29, 1.82) is 0 Å². The Kier molecular flexibility index (Phi) is 4.36. The molecule has 1 aliphatic rings. The third kappa shape index (κ3) is 3.35. The topological polar surface area (TPSA) is 121 Å². The SMILES string of the molecule is NC(=O)c1cc(N2CCN(CC(N)=NO)CC2)ccn1. The lowest BCUT2D eigenvalue weighted by atomic mass is 10.2. The van der Waals surface area contributed by atoms with E-state index in [0.717, 1.165) is 31.9 Å². The van der Waals surface area contributed by atoms with Gasteiger partial charge in [0, 0.05) is 38.1 Å². The molecule has 5 N–H and O–H groups in total. The standard InChI is InChI=1S/C12H18N6O2/c13-11(16-20)8-17-3-5-18(6-4-17)9-1-2-15-10(7-9)12(14)19/h1-2,7,20H,3-6,8H2,(H2,13,16)(H2,14,19). The van der Waals surface area contributed by atoms with Gasteiger partial charge in [-0.25, -0.2) is 0 Å². The molecule has 0 bridgehead atoms. The highest BCUT2D eigenvalue weighted by molar-refractivity contribution is 5.91. The quantitative estimate of drug-likeness (QED) is 0.282. The van der Waals surface area contributed by atoms with Gasteiger partial charge in [0.15, 0.2) is 5.84 Å². The molecule has 0 unspecified atom stereocenters. The zero-order chi connectivity index (χ0) is 14.5. The molecule has 1 amide bonds. The van der Waals surface area contributed by atoms with Crippen molar-refractivity contribution >= 4 is 17.4 Å². The van der Waals surface area contributed by atoms with E-state index in [1.165, 1.54) is 0 Å². The monoisotopic (exact) mass is 278 g/mol. The lowest BCUT2D eigenvalue weighted by Crippen LogP contribution is -2.49. The number of hydrogen-bond donors (Lipinski definition) is 3. The number of amidine groups is 1. The van der Waals surface area contributed by atoms with Crippen LogP contribution in [0.1, 0.15) is 10.5 Å². The van der Waals surface area contributed by atoms with Crippen LogP contribution in [-0.2, 0) is 0 Å². The molecule has 8 heteroatoms. The average Bonchev–Trinajstić information content (AvgIpc) is 2.48. The fraction of sp³-hybridized carbons (Fsp3) is 0.417. The number of piperazine rings is 1. The number of rotatable bonds is 4.